The van der Waals surface area contributed by atoms with Crippen LogP contribution in [0.4, 0.5) is 17.1 Å². The number of rotatable bonds is 6. The van der Waals surface area contributed by atoms with Crippen molar-refractivity contribution in [1.82, 2.24) is 0 Å². The Morgan fingerprint density at radius 1 is 0.356 bits per heavy atom. The standard InChI is InChI=1S/C56H35NOS/c1-2-15-36(16-3-1)42-32-31-39(49-34-38-17-4-5-20-41(38)44-21-6-7-22-45(44)49)35-51(42)57(50-27-14-29-53-55(50)48-24-8-10-28-52(48)58-53)40-19-12-18-37(33-40)43-25-13-26-47-46-23-9-11-30-54(46)59-56(43)47/h1-35H. The molecule has 12 aromatic rings. The van der Waals surface area contributed by atoms with Crippen LogP contribution in [0.3, 0.4) is 0 Å². The van der Waals surface area contributed by atoms with Crippen LogP contribution in [0.5, 0.6) is 0 Å². The first-order valence-electron chi connectivity index (χ1n) is 20.1. The molecule has 0 aliphatic rings. The highest BCUT2D eigenvalue weighted by atomic mass is 32.1. The molecule has 0 aliphatic carbocycles. The highest BCUT2D eigenvalue weighted by Crippen LogP contribution is 2.49. The molecule has 10 aromatic carbocycles. The van der Waals surface area contributed by atoms with Crippen LogP contribution in [-0.2, 0) is 0 Å². The summed E-state index contributed by atoms with van der Waals surface area (Å²) in [6.45, 7) is 0. The lowest BCUT2D eigenvalue weighted by Gasteiger charge is -2.29. The first-order chi connectivity index (χ1) is 29.3. The summed E-state index contributed by atoms with van der Waals surface area (Å²) >= 11 is 1.87. The normalized spacial score (nSPS) is 11.7. The molecule has 0 amide bonds. The second kappa shape index (κ2) is 13.6. The summed E-state index contributed by atoms with van der Waals surface area (Å²) in [4.78, 5) is 2.47. The second-order valence-electron chi connectivity index (χ2n) is 15.2. The molecule has 2 heterocycles. The molecule has 0 unspecified atom stereocenters. The molecule has 0 N–H and O–H groups in total. The number of hydrogen-bond acceptors (Lipinski definition) is 3. The van der Waals surface area contributed by atoms with Crippen LogP contribution in [0, 0.1) is 0 Å². The Labute approximate surface area is 345 Å². The summed E-state index contributed by atoms with van der Waals surface area (Å²) in [6.07, 6.45) is 0. The summed E-state index contributed by atoms with van der Waals surface area (Å²) in [6, 6.07) is 77.1. The number of anilines is 3. The van der Waals surface area contributed by atoms with Crippen molar-refractivity contribution in [3.05, 3.63) is 212 Å². The third-order valence-corrected chi connectivity index (χ3v) is 13.1. The van der Waals surface area contributed by atoms with Crippen molar-refractivity contribution in [3.63, 3.8) is 0 Å². The first-order valence-corrected chi connectivity index (χ1v) is 20.9. The fourth-order valence-corrected chi connectivity index (χ4v) is 10.4. The quantitative estimate of drug-likeness (QED) is 0.157. The first kappa shape index (κ1) is 33.7. The third-order valence-electron chi connectivity index (χ3n) is 11.8. The van der Waals surface area contributed by atoms with Gasteiger partial charge in [-0.1, -0.05) is 164 Å². The molecule has 0 atom stereocenters. The molecule has 2 aromatic heterocycles. The Kier molecular flexibility index (Phi) is 7.75. The van der Waals surface area contributed by atoms with Crippen LogP contribution in [0.25, 0.3) is 97.0 Å². The van der Waals surface area contributed by atoms with E-state index >= 15 is 0 Å². The second-order valence-corrected chi connectivity index (χ2v) is 16.3. The highest BCUT2D eigenvalue weighted by molar-refractivity contribution is 7.26. The van der Waals surface area contributed by atoms with Gasteiger partial charge in [0.2, 0.25) is 0 Å². The minimum absolute atomic E-state index is 0.859. The van der Waals surface area contributed by atoms with Crippen molar-refractivity contribution in [1.29, 1.82) is 0 Å². The van der Waals surface area contributed by atoms with Gasteiger partial charge < -0.3 is 9.32 Å². The van der Waals surface area contributed by atoms with Crippen LogP contribution in [0.1, 0.15) is 0 Å². The number of hydrogen-bond donors (Lipinski definition) is 0. The maximum Gasteiger partial charge on any atom is 0.137 e. The van der Waals surface area contributed by atoms with Gasteiger partial charge in [0.05, 0.1) is 16.8 Å². The third kappa shape index (κ3) is 5.47. The van der Waals surface area contributed by atoms with Crippen LogP contribution in [0.2, 0.25) is 0 Å². The van der Waals surface area contributed by atoms with Crippen molar-refractivity contribution in [2.45, 2.75) is 0 Å². The zero-order valence-corrected chi connectivity index (χ0v) is 32.8. The van der Waals surface area contributed by atoms with Crippen LogP contribution in [0.15, 0.2) is 217 Å². The smallest absolute Gasteiger partial charge is 0.137 e. The number of furan rings is 1. The van der Waals surface area contributed by atoms with E-state index in [4.69, 9.17) is 4.42 Å². The average Bonchev–Trinajstić information content (AvgIpc) is 3.88. The van der Waals surface area contributed by atoms with E-state index in [0.29, 0.717) is 0 Å². The maximum absolute atomic E-state index is 6.56. The van der Waals surface area contributed by atoms with Crippen molar-refractivity contribution in [2.24, 2.45) is 0 Å². The SMILES string of the molecule is c1ccc(-c2ccc(-c3cc4ccccc4c4ccccc34)cc2N(c2cccc(-c3cccc4c3sc3ccccc34)c2)c2cccc3oc4ccccc4c23)cc1. The highest BCUT2D eigenvalue weighted by Gasteiger charge is 2.24. The van der Waals surface area contributed by atoms with E-state index in [-0.39, 0.29) is 0 Å². The van der Waals surface area contributed by atoms with Gasteiger partial charge >= 0.3 is 0 Å². The van der Waals surface area contributed by atoms with E-state index in [2.05, 4.69) is 211 Å². The number of fused-ring (bicyclic) bond motifs is 9. The summed E-state index contributed by atoms with van der Waals surface area (Å²) in [5, 5.41) is 9.75. The zero-order chi connectivity index (χ0) is 38.9. The summed E-state index contributed by atoms with van der Waals surface area (Å²) in [5.41, 5.74) is 12.0. The molecular weight excluding hydrogens is 735 g/mol. The van der Waals surface area contributed by atoms with E-state index in [0.717, 1.165) is 55.7 Å². The van der Waals surface area contributed by atoms with E-state index < -0.39 is 0 Å². The van der Waals surface area contributed by atoms with Gasteiger partial charge in [0.25, 0.3) is 0 Å². The molecule has 0 bridgehead atoms. The van der Waals surface area contributed by atoms with Gasteiger partial charge in [-0.2, -0.15) is 0 Å². The number of para-hydroxylation sites is 1. The van der Waals surface area contributed by atoms with E-state index in [1.165, 1.54) is 58.4 Å². The van der Waals surface area contributed by atoms with E-state index in [1.54, 1.807) is 0 Å². The molecule has 276 valence electrons. The lowest BCUT2D eigenvalue weighted by Crippen LogP contribution is -2.12. The minimum Gasteiger partial charge on any atom is -0.456 e. The fourth-order valence-electron chi connectivity index (χ4n) is 9.18. The largest absolute Gasteiger partial charge is 0.456 e. The van der Waals surface area contributed by atoms with Crippen molar-refractivity contribution < 1.29 is 4.42 Å². The van der Waals surface area contributed by atoms with Gasteiger partial charge in [-0.15, -0.1) is 11.3 Å². The van der Waals surface area contributed by atoms with Gasteiger partial charge in [0.15, 0.2) is 0 Å². The summed E-state index contributed by atoms with van der Waals surface area (Å²) in [5.74, 6) is 0. The summed E-state index contributed by atoms with van der Waals surface area (Å²) in [7, 11) is 0. The van der Waals surface area contributed by atoms with E-state index in [9.17, 15) is 0 Å². The Hall–Kier alpha value is -7.46. The molecule has 2 nitrogen and oxygen atoms in total. The minimum atomic E-state index is 0.859. The van der Waals surface area contributed by atoms with Crippen molar-refractivity contribution in [2.75, 3.05) is 4.90 Å². The molecular formula is C56H35NOS. The maximum atomic E-state index is 6.56. The number of thiophene rings is 1. The van der Waals surface area contributed by atoms with Gasteiger partial charge in [0.1, 0.15) is 11.2 Å². The molecule has 59 heavy (non-hydrogen) atoms. The molecule has 0 spiro atoms. The molecule has 0 aliphatic heterocycles. The van der Waals surface area contributed by atoms with Gasteiger partial charge in [-0.05, 0) is 97.9 Å². The summed E-state index contributed by atoms with van der Waals surface area (Å²) < 4.78 is 9.16. The van der Waals surface area contributed by atoms with Crippen LogP contribution < -0.4 is 4.90 Å². The predicted octanol–water partition coefficient (Wildman–Crippen LogP) is 16.7. The van der Waals surface area contributed by atoms with Crippen LogP contribution in [-0.4, -0.2) is 0 Å². The van der Waals surface area contributed by atoms with Gasteiger partial charge in [0, 0.05) is 36.8 Å². The number of benzene rings is 10. The molecule has 3 heteroatoms. The van der Waals surface area contributed by atoms with Crippen molar-refractivity contribution in [3.8, 4) is 33.4 Å². The Bertz CT molecular complexity index is 3580. The topological polar surface area (TPSA) is 16.4 Å². The lowest BCUT2D eigenvalue weighted by molar-refractivity contribution is 0.669. The predicted molar refractivity (Wildman–Crippen MR) is 253 cm³/mol. The molecule has 0 radical (unpaired) electrons. The van der Waals surface area contributed by atoms with Gasteiger partial charge in [-0.25, -0.2) is 0 Å². The Morgan fingerprint density at radius 3 is 1.92 bits per heavy atom. The monoisotopic (exact) mass is 769 g/mol. The Morgan fingerprint density at radius 2 is 1.02 bits per heavy atom. The zero-order valence-electron chi connectivity index (χ0n) is 32.0. The molecule has 0 fully saturated rings. The van der Waals surface area contributed by atoms with Gasteiger partial charge in [-0.3, -0.25) is 0 Å². The van der Waals surface area contributed by atoms with E-state index in [1.807, 2.05) is 17.4 Å². The fraction of sp³-hybridized carbons (Fsp3) is 0. The van der Waals surface area contributed by atoms with Crippen molar-refractivity contribution >= 4 is 92.1 Å². The number of nitrogens with zero attached hydrogens (tertiary/aromatic N) is 1. The molecule has 0 saturated carbocycles. The molecule has 12 rings (SSSR count). The Balaban J connectivity index is 1.16. The molecule has 0 saturated heterocycles. The lowest BCUT2D eigenvalue weighted by atomic mass is 9.91. The van der Waals surface area contributed by atoms with Crippen LogP contribution >= 0.6 is 11.3 Å². The average molecular weight is 770 g/mol.